The molecule has 1 saturated heterocycles. The van der Waals surface area contributed by atoms with Crippen LogP contribution < -0.4 is 11.1 Å². The Balaban J connectivity index is 1.87. The fourth-order valence-electron chi connectivity index (χ4n) is 2.44. The standard InChI is InChI=1S/C13H18N4S2/c1-8-6-9-10(16-12(14)17-11(9)19-8)15-7-13(2)4-3-5-18-13/h6H,3-5,7H2,1-2H3,(H3,14,15,16,17). The van der Waals surface area contributed by atoms with Crippen molar-refractivity contribution in [1.82, 2.24) is 9.97 Å². The van der Waals surface area contributed by atoms with Gasteiger partial charge in [0.15, 0.2) is 0 Å². The molecule has 0 amide bonds. The lowest BCUT2D eigenvalue weighted by molar-refractivity contribution is 0.634. The van der Waals surface area contributed by atoms with Crippen LogP contribution in [0.2, 0.25) is 0 Å². The van der Waals surface area contributed by atoms with Gasteiger partial charge in [-0.05, 0) is 38.5 Å². The smallest absolute Gasteiger partial charge is 0.223 e. The summed E-state index contributed by atoms with van der Waals surface area (Å²) >= 11 is 3.71. The Bertz CT molecular complexity index is 602. The highest BCUT2D eigenvalue weighted by atomic mass is 32.2. The van der Waals surface area contributed by atoms with Gasteiger partial charge < -0.3 is 11.1 Å². The molecule has 0 aliphatic carbocycles. The lowest BCUT2D eigenvalue weighted by atomic mass is 10.1. The topological polar surface area (TPSA) is 63.8 Å². The van der Waals surface area contributed by atoms with E-state index in [4.69, 9.17) is 5.73 Å². The van der Waals surface area contributed by atoms with Crippen molar-refractivity contribution < 1.29 is 0 Å². The van der Waals surface area contributed by atoms with Crippen LogP contribution >= 0.6 is 23.1 Å². The molecule has 102 valence electrons. The van der Waals surface area contributed by atoms with E-state index in [9.17, 15) is 0 Å². The normalized spacial score (nSPS) is 23.1. The van der Waals surface area contributed by atoms with E-state index in [2.05, 4.69) is 35.2 Å². The molecule has 0 bridgehead atoms. The number of nitrogens with zero attached hydrogens (tertiary/aromatic N) is 2. The number of nitrogens with one attached hydrogen (secondary N) is 1. The molecule has 3 rings (SSSR count). The Morgan fingerprint density at radius 1 is 1.47 bits per heavy atom. The van der Waals surface area contributed by atoms with E-state index in [1.54, 1.807) is 11.3 Å². The predicted octanol–water partition coefficient (Wildman–Crippen LogP) is 3.28. The maximum Gasteiger partial charge on any atom is 0.223 e. The molecule has 3 heterocycles. The van der Waals surface area contributed by atoms with Gasteiger partial charge in [0, 0.05) is 16.2 Å². The molecule has 2 aromatic rings. The zero-order chi connectivity index (χ0) is 13.5. The second-order valence-electron chi connectivity index (χ2n) is 5.26. The van der Waals surface area contributed by atoms with Crippen molar-refractivity contribution in [3.63, 3.8) is 0 Å². The minimum atomic E-state index is 0.317. The van der Waals surface area contributed by atoms with Crippen LogP contribution in [0.25, 0.3) is 10.2 Å². The van der Waals surface area contributed by atoms with Crippen molar-refractivity contribution in [2.45, 2.75) is 31.4 Å². The SMILES string of the molecule is Cc1cc2c(NCC3(C)CCCS3)nc(N)nc2s1. The molecule has 1 aliphatic rings. The molecule has 0 spiro atoms. The van der Waals surface area contributed by atoms with Gasteiger partial charge in [-0.25, -0.2) is 4.98 Å². The summed E-state index contributed by atoms with van der Waals surface area (Å²) in [5.41, 5.74) is 5.79. The Hall–Kier alpha value is -1.01. The lowest BCUT2D eigenvalue weighted by Gasteiger charge is -2.23. The van der Waals surface area contributed by atoms with Crippen molar-refractivity contribution in [1.29, 1.82) is 0 Å². The number of anilines is 2. The van der Waals surface area contributed by atoms with E-state index in [0.717, 1.165) is 22.6 Å². The second kappa shape index (κ2) is 4.83. The highest BCUT2D eigenvalue weighted by Crippen LogP contribution is 2.38. The molecule has 0 aromatic carbocycles. The summed E-state index contributed by atoms with van der Waals surface area (Å²) in [6, 6.07) is 2.13. The van der Waals surface area contributed by atoms with Crippen molar-refractivity contribution in [2.24, 2.45) is 0 Å². The van der Waals surface area contributed by atoms with Crippen LogP contribution in [0.3, 0.4) is 0 Å². The molecular weight excluding hydrogens is 276 g/mol. The molecule has 3 N–H and O–H groups in total. The van der Waals surface area contributed by atoms with Crippen LogP contribution in [-0.2, 0) is 0 Å². The molecule has 1 aliphatic heterocycles. The zero-order valence-corrected chi connectivity index (χ0v) is 12.8. The van der Waals surface area contributed by atoms with Crippen molar-refractivity contribution in [2.75, 3.05) is 23.3 Å². The third-order valence-electron chi connectivity index (χ3n) is 3.46. The molecule has 1 atom stereocenters. The number of nitrogens with two attached hydrogens (primary N) is 1. The third kappa shape index (κ3) is 2.65. The quantitative estimate of drug-likeness (QED) is 0.909. The highest BCUT2D eigenvalue weighted by Gasteiger charge is 2.29. The molecule has 1 unspecified atom stereocenters. The molecule has 19 heavy (non-hydrogen) atoms. The van der Waals surface area contributed by atoms with Crippen LogP contribution in [0, 0.1) is 6.92 Å². The van der Waals surface area contributed by atoms with Gasteiger partial charge in [0.1, 0.15) is 10.6 Å². The van der Waals surface area contributed by atoms with Crippen LogP contribution in [0.15, 0.2) is 6.07 Å². The number of hydrogen-bond donors (Lipinski definition) is 2. The van der Waals surface area contributed by atoms with Gasteiger partial charge in [-0.3, -0.25) is 0 Å². The van der Waals surface area contributed by atoms with Gasteiger partial charge in [-0.2, -0.15) is 16.7 Å². The Morgan fingerprint density at radius 2 is 2.32 bits per heavy atom. The lowest BCUT2D eigenvalue weighted by Crippen LogP contribution is -2.27. The zero-order valence-electron chi connectivity index (χ0n) is 11.2. The fourth-order valence-corrected chi connectivity index (χ4v) is 4.57. The summed E-state index contributed by atoms with van der Waals surface area (Å²) in [7, 11) is 0. The number of aryl methyl sites for hydroxylation is 1. The highest BCUT2D eigenvalue weighted by molar-refractivity contribution is 8.00. The van der Waals surface area contributed by atoms with Gasteiger partial charge in [0.25, 0.3) is 0 Å². The van der Waals surface area contributed by atoms with Gasteiger partial charge >= 0.3 is 0 Å². The molecule has 4 nitrogen and oxygen atoms in total. The van der Waals surface area contributed by atoms with E-state index in [1.165, 1.54) is 23.5 Å². The average molecular weight is 294 g/mol. The summed E-state index contributed by atoms with van der Waals surface area (Å²) in [6.45, 7) is 5.33. The van der Waals surface area contributed by atoms with Crippen LogP contribution in [0.5, 0.6) is 0 Å². The van der Waals surface area contributed by atoms with Gasteiger partial charge in [-0.15, -0.1) is 11.3 Å². The predicted molar refractivity (Wildman–Crippen MR) is 85.2 cm³/mol. The number of nitrogen functional groups attached to an aromatic ring is 1. The number of thiophene rings is 1. The maximum atomic E-state index is 5.79. The number of thioether (sulfide) groups is 1. The number of rotatable bonds is 3. The van der Waals surface area contributed by atoms with E-state index < -0.39 is 0 Å². The molecule has 0 radical (unpaired) electrons. The van der Waals surface area contributed by atoms with Gasteiger partial charge in [0.2, 0.25) is 5.95 Å². The minimum absolute atomic E-state index is 0.317. The fraction of sp³-hybridized carbons (Fsp3) is 0.538. The first-order valence-electron chi connectivity index (χ1n) is 6.47. The van der Waals surface area contributed by atoms with Crippen molar-refractivity contribution in [3.05, 3.63) is 10.9 Å². The van der Waals surface area contributed by atoms with Gasteiger partial charge in [-0.1, -0.05) is 0 Å². The summed E-state index contributed by atoms with van der Waals surface area (Å²) in [5, 5.41) is 4.57. The first-order chi connectivity index (χ1) is 9.06. The van der Waals surface area contributed by atoms with E-state index >= 15 is 0 Å². The second-order valence-corrected chi connectivity index (χ2v) is 8.18. The number of aromatic nitrogens is 2. The molecule has 1 fully saturated rings. The molecular formula is C13H18N4S2. The maximum absolute atomic E-state index is 5.79. The van der Waals surface area contributed by atoms with Crippen LogP contribution in [-0.4, -0.2) is 27.0 Å². The third-order valence-corrected chi connectivity index (χ3v) is 5.95. The van der Waals surface area contributed by atoms with E-state index in [-0.39, 0.29) is 0 Å². The van der Waals surface area contributed by atoms with Crippen molar-refractivity contribution >= 4 is 45.1 Å². The summed E-state index contributed by atoms with van der Waals surface area (Å²) < 4.78 is 0.317. The molecule has 0 saturated carbocycles. The Labute approximate surface area is 121 Å². The van der Waals surface area contributed by atoms with Crippen LogP contribution in [0.4, 0.5) is 11.8 Å². The number of fused-ring (bicyclic) bond motifs is 1. The minimum Gasteiger partial charge on any atom is -0.368 e. The largest absolute Gasteiger partial charge is 0.368 e. The van der Waals surface area contributed by atoms with Crippen molar-refractivity contribution in [3.8, 4) is 0 Å². The van der Waals surface area contributed by atoms with Gasteiger partial charge in [0.05, 0.1) is 5.39 Å². The molecule has 2 aromatic heterocycles. The summed E-state index contributed by atoms with van der Waals surface area (Å²) in [6.07, 6.45) is 2.57. The first kappa shape index (κ1) is 13.0. The average Bonchev–Trinajstić information content (AvgIpc) is 2.92. The van der Waals surface area contributed by atoms with E-state index in [0.29, 0.717) is 10.7 Å². The molecule has 6 heteroatoms. The monoisotopic (exact) mass is 294 g/mol. The summed E-state index contributed by atoms with van der Waals surface area (Å²) in [4.78, 5) is 10.9. The summed E-state index contributed by atoms with van der Waals surface area (Å²) in [5.74, 6) is 2.48. The van der Waals surface area contributed by atoms with Crippen LogP contribution in [0.1, 0.15) is 24.6 Å². The Kier molecular flexibility index (Phi) is 3.30. The first-order valence-corrected chi connectivity index (χ1v) is 8.27. The Morgan fingerprint density at radius 3 is 3.05 bits per heavy atom. The number of hydrogen-bond acceptors (Lipinski definition) is 6. The van der Waals surface area contributed by atoms with E-state index in [1.807, 2.05) is 11.8 Å².